The van der Waals surface area contributed by atoms with Crippen LogP contribution in [0.5, 0.6) is 5.75 Å². The Bertz CT molecular complexity index is 1000. The van der Waals surface area contributed by atoms with Crippen molar-refractivity contribution in [3.05, 3.63) is 71.2 Å². The summed E-state index contributed by atoms with van der Waals surface area (Å²) in [5.41, 5.74) is 2.52. The van der Waals surface area contributed by atoms with E-state index in [9.17, 15) is 9.18 Å². The van der Waals surface area contributed by atoms with Gasteiger partial charge in [-0.3, -0.25) is 4.79 Å². The van der Waals surface area contributed by atoms with Crippen molar-refractivity contribution in [2.24, 2.45) is 0 Å². The average Bonchev–Trinajstić information content (AvgIpc) is 3.53. The van der Waals surface area contributed by atoms with Crippen LogP contribution in [0.25, 0.3) is 0 Å². The van der Waals surface area contributed by atoms with Crippen molar-refractivity contribution in [1.29, 1.82) is 0 Å². The molecule has 0 unspecified atom stereocenters. The molecule has 1 atom stereocenters. The van der Waals surface area contributed by atoms with Crippen LogP contribution in [0.15, 0.2) is 59.8 Å². The molecule has 1 aliphatic heterocycles. The molecule has 0 spiro atoms. The molecule has 0 aromatic heterocycles. The number of carbonyl (C=O) groups is 1. The SMILES string of the molecule is COc1ccccc1NC(=O)C1=C(C)N(C2CC2)C(=S)N[C@@H]1c1cccc(F)c1. The molecule has 0 bridgehead atoms. The summed E-state index contributed by atoms with van der Waals surface area (Å²) in [4.78, 5) is 15.4. The summed E-state index contributed by atoms with van der Waals surface area (Å²) in [5.74, 6) is -0.0661. The minimum atomic E-state index is -0.539. The molecule has 5 nitrogen and oxygen atoms in total. The van der Waals surface area contributed by atoms with Gasteiger partial charge in [-0.15, -0.1) is 0 Å². The number of ether oxygens (including phenoxy) is 1. The van der Waals surface area contributed by atoms with Gasteiger partial charge in [0.25, 0.3) is 5.91 Å². The van der Waals surface area contributed by atoms with Crippen molar-refractivity contribution in [3.63, 3.8) is 0 Å². The second kappa shape index (κ2) is 7.83. The fourth-order valence-corrected chi connectivity index (χ4v) is 4.10. The van der Waals surface area contributed by atoms with Gasteiger partial charge in [0.2, 0.25) is 0 Å². The molecule has 0 radical (unpaired) electrons. The molecule has 2 aliphatic rings. The normalized spacial score (nSPS) is 19.1. The van der Waals surface area contributed by atoms with Crippen molar-refractivity contribution in [2.75, 3.05) is 12.4 Å². The van der Waals surface area contributed by atoms with Crippen LogP contribution in [0.4, 0.5) is 10.1 Å². The Kier molecular flexibility index (Phi) is 5.24. The van der Waals surface area contributed by atoms with E-state index in [1.807, 2.05) is 24.0 Å². The van der Waals surface area contributed by atoms with Crippen LogP contribution in [-0.4, -0.2) is 29.1 Å². The molecular weight excluding hydrogens is 389 g/mol. The largest absolute Gasteiger partial charge is 0.495 e. The first-order chi connectivity index (χ1) is 14.0. The highest BCUT2D eigenvalue weighted by Crippen LogP contribution is 2.38. The number of rotatable bonds is 5. The van der Waals surface area contributed by atoms with Gasteiger partial charge in [0.15, 0.2) is 5.11 Å². The number of nitrogens with zero attached hydrogens (tertiary/aromatic N) is 1. The second-order valence-electron chi connectivity index (χ2n) is 7.19. The maximum atomic E-state index is 13.9. The summed E-state index contributed by atoms with van der Waals surface area (Å²) in [6, 6.07) is 13.2. The van der Waals surface area contributed by atoms with Crippen molar-refractivity contribution in [1.82, 2.24) is 10.2 Å². The Labute approximate surface area is 174 Å². The number of amides is 1. The highest BCUT2D eigenvalue weighted by atomic mass is 32.1. The van der Waals surface area contributed by atoms with Gasteiger partial charge in [-0.05, 0) is 61.8 Å². The van der Waals surface area contributed by atoms with Gasteiger partial charge in [-0.25, -0.2) is 4.39 Å². The lowest BCUT2D eigenvalue weighted by Crippen LogP contribution is -2.49. The minimum absolute atomic E-state index is 0.276. The van der Waals surface area contributed by atoms with Gasteiger partial charge in [-0.1, -0.05) is 24.3 Å². The van der Waals surface area contributed by atoms with E-state index < -0.39 is 6.04 Å². The zero-order valence-corrected chi connectivity index (χ0v) is 17.1. The number of thiocarbonyl (C=S) groups is 1. The van der Waals surface area contributed by atoms with E-state index in [4.69, 9.17) is 17.0 Å². The Morgan fingerprint density at radius 1 is 1.24 bits per heavy atom. The topological polar surface area (TPSA) is 53.6 Å². The van der Waals surface area contributed by atoms with Crippen molar-refractivity contribution in [3.8, 4) is 5.75 Å². The molecular formula is C22H22FN3O2S. The van der Waals surface area contributed by atoms with Crippen LogP contribution in [0.3, 0.4) is 0 Å². The maximum absolute atomic E-state index is 13.9. The standard InChI is InChI=1S/C22H22FN3O2S/c1-13-19(21(27)24-17-8-3-4-9-18(17)28-2)20(14-6-5-7-15(23)12-14)25-22(29)26(13)16-10-11-16/h3-9,12,16,20H,10-11H2,1-2H3,(H,24,27)(H,25,29)/t20-/m1/s1. The molecule has 1 heterocycles. The van der Waals surface area contributed by atoms with Crippen LogP contribution in [0, 0.1) is 5.82 Å². The number of benzene rings is 2. The number of halogens is 1. The fourth-order valence-electron chi connectivity index (χ4n) is 3.70. The first kappa shape index (κ1) is 19.4. The number of nitrogens with one attached hydrogen (secondary N) is 2. The summed E-state index contributed by atoms with van der Waals surface area (Å²) < 4.78 is 19.2. The van der Waals surface area contributed by atoms with Gasteiger partial charge < -0.3 is 20.3 Å². The quantitative estimate of drug-likeness (QED) is 0.725. The molecule has 0 saturated heterocycles. The Hall–Kier alpha value is -2.93. The fraction of sp³-hybridized carbons (Fsp3) is 0.273. The summed E-state index contributed by atoms with van der Waals surface area (Å²) in [6.07, 6.45) is 2.07. The van der Waals surface area contributed by atoms with Crippen LogP contribution in [0.1, 0.15) is 31.4 Å². The lowest BCUT2D eigenvalue weighted by molar-refractivity contribution is -0.113. The van der Waals surface area contributed by atoms with Crippen molar-refractivity contribution in [2.45, 2.75) is 31.8 Å². The monoisotopic (exact) mass is 411 g/mol. The van der Waals surface area contributed by atoms with Crippen molar-refractivity contribution < 1.29 is 13.9 Å². The number of hydrogen-bond donors (Lipinski definition) is 2. The van der Waals surface area contributed by atoms with E-state index in [2.05, 4.69) is 10.6 Å². The zero-order valence-electron chi connectivity index (χ0n) is 16.2. The van der Waals surface area contributed by atoms with Gasteiger partial charge in [-0.2, -0.15) is 0 Å². The van der Waals surface area contributed by atoms with Gasteiger partial charge in [0, 0.05) is 11.7 Å². The third kappa shape index (κ3) is 3.82. The molecule has 2 aromatic carbocycles. The van der Waals surface area contributed by atoms with E-state index in [0.29, 0.717) is 33.7 Å². The number of hydrogen-bond acceptors (Lipinski definition) is 3. The lowest BCUT2D eigenvalue weighted by Gasteiger charge is -2.38. The number of methoxy groups -OCH3 is 1. The molecule has 1 saturated carbocycles. The third-order valence-corrected chi connectivity index (χ3v) is 5.53. The van der Waals surface area contributed by atoms with Crippen molar-refractivity contribution >= 4 is 28.9 Å². The van der Waals surface area contributed by atoms with Crippen LogP contribution in [0.2, 0.25) is 0 Å². The molecule has 4 rings (SSSR count). The Morgan fingerprint density at radius 3 is 2.69 bits per heavy atom. The summed E-state index contributed by atoms with van der Waals surface area (Å²) >= 11 is 5.57. The van der Waals surface area contributed by atoms with Gasteiger partial charge in [0.1, 0.15) is 11.6 Å². The predicted octanol–water partition coefficient (Wildman–Crippen LogP) is 4.14. The highest BCUT2D eigenvalue weighted by Gasteiger charge is 2.40. The van der Waals surface area contributed by atoms with Gasteiger partial charge in [0.05, 0.1) is 24.4 Å². The summed E-state index contributed by atoms with van der Waals surface area (Å²) in [7, 11) is 1.56. The highest BCUT2D eigenvalue weighted by molar-refractivity contribution is 7.80. The van der Waals surface area contributed by atoms with Crippen LogP contribution < -0.4 is 15.4 Å². The Balaban J connectivity index is 1.75. The summed E-state index contributed by atoms with van der Waals surface area (Å²) in [5, 5.41) is 6.76. The van der Waals surface area contributed by atoms with E-state index in [-0.39, 0.29) is 11.7 Å². The summed E-state index contributed by atoms with van der Waals surface area (Å²) in [6.45, 7) is 1.90. The zero-order chi connectivity index (χ0) is 20.5. The van der Waals surface area contributed by atoms with Crippen LogP contribution in [-0.2, 0) is 4.79 Å². The average molecular weight is 412 g/mol. The molecule has 150 valence electrons. The molecule has 1 amide bonds. The third-order valence-electron chi connectivity index (χ3n) is 5.22. The van der Waals surface area contributed by atoms with E-state index >= 15 is 0 Å². The van der Waals surface area contributed by atoms with E-state index in [0.717, 1.165) is 18.5 Å². The molecule has 2 aromatic rings. The minimum Gasteiger partial charge on any atom is -0.495 e. The molecule has 29 heavy (non-hydrogen) atoms. The predicted molar refractivity (Wildman–Crippen MR) is 114 cm³/mol. The lowest BCUT2D eigenvalue weighted by atomic mass is 9.94. The number of carbonyl (C=O) groups excluding carboxylic acids is 1. The molecule has 1 aliphatic carbocycles. The first-order valence-corrected chi connectivity index (χ1v) is 9.90. The number of para-hydroxylation sites is 2. The maximum Gasteiger partial charge on any atom is 0.255 e. The molecule has 1 fully saturated rings. The van der Waals surface area contributed by atoms with E-state index in [1.165, 1.54) is 12.1 Å². The number of anilines is 1. The Morgan fingerprint density at radius 2 is 2.00 bits per heavy atom. The molecule has 7 heteroatoms. The second-order valence-corrected chi connectivity index (χ2v) is 7.58. The van der Waals surface area contributed by atoms with Crippen LogP contribution >= 0.6 is 12.2 Å². The molecule has 2 N–H and O–H groups in total. The van der Waals surface area contributed by atoms with Gasteiger partial charge >= 0.3 is 0 Å². The smallest absolute Gasteiger partial charge is 0.255 e. The first-order valence-electron chi connectivity index (χ1n) is 9.50. The number of allylic oxidation sites excluding steroid dienone is 1. The van der Waals surface area contributed by atoms with E-state index in [1.54, 1.807) is 31.4 Å².